The first-order chi connectivity index (χ1) is 14.8. The molecule has 1 unspecified atom stereocenters. The molecule has 2 aliphatic rings. The molecule has 1 aromatic rings. The Labute approximate surface area is 182 Å². The highest BCUT2D eigenvalue weighted by Crippen LogP contribution is 2.20. The highest BCUT2D eigenvalue weighted by molar-refractivity contribution is 5.80. The van der Waals surface area contributed by atoms with Crippen molar-refractivity contribution in [1.29, 1.82) is 0 Å². The van der Waals surface area contributed by atoms with Gasteiger partial charge in [0.25, 0.3) is 0 Å². The fourth-order valence-electron chi connectivity index (χ4n) is 4.12. The van der Waals surface area contributed by atoms with Crippen LogP contribution in [-0.2, 0) is 13.1 Å². The van der Waals surface area contributed by atoms with E-state index in [4.69, 9.17) is 0 Å². The summed E-state index contributed by atoms with van der Waals surface area (Å²) >= 11 is 0. The Balaban J connectivity index is 1.48. The standard InChI is InChI=1S/C22H34F3N5O/c1-2-26-21(28-19-7-10-30(15-19)16-22(23,24)25)27-13-17-3-5-18(6-4-17)14-29-11-8-20(31)9-12-29/h3-6,19-20,31H,2,7-16H2,1H3,(H2,26,27,28). The molecule has 2 aliphatic heterocycles. The highest BCUT2D eigenvalue weighted by atomic mass is 19.4. The van der Waals surface area contributed by atoms with Gasteiger partial charge in [-0.25, -0.2) is 4.99 Å². The highest BCUT2D eigenvalue weighted by Gasteiger charge is 2.34. The molecule has 1 atom stereocenters. The van der Waals surface area contributed by atoms with E-state index in [1.54, 1.807) is 0 Å². The second kappa shape index (κ2) is 11.2. The number of piperidine rings is 1. The summed E-state index contributed by atoms with van der Waals surface area (Å²) in [5.74, 6) is 0.636. The Morgan fingerprint density at radius 1 is 1.06 bits per heavy atom. The van der Waals surface area contributed by atoms with Gasteiger partial charge in [0.1, 0.15) is 0 Å². The molecule has 1 aromatic carbocycles. The van der Waals surface area contributed by atoms with Gasteiger partial charge in [0.2, 0.25) is 0 Å². The Kier molecular flexibility index (Phi) is 8.57. The van der Waals surface area contributed by atoms with Crippen molar-refractivity contribution >= 4 is 5.96 Å². The predicted molar refractivity (Wildman–Crippen MR) is 116 cm³/mol. The molecule has 31 heavy (non-hydrogen) atoms. The molecule has 0 spiro atoms. The Hall–Kier alpha value is -1.84. The molecular formula is C22H34F3N5O. The van der Waals surface area contributed by atoms with Gasteiger partial charge in [-0.2, -0.15) is 13.2 Å². The van der Waals surface area contributed by atoms with Gasteiger partial charge in [-0.1, -0.05) is 24.3 Å². The SMILES string of the molecule is CCNC(=NCc1ccc(CN2CCC(O)CC2)cc1)NC1CCN(CC(F)(F)F)C1. The van der Waals surface area contributed by atoms with E-state index in [9.17, 15) is 18.3 Å². The van der Waals surface area contributed by atoms with Crippen molar-refractivity contribution in [2.24, 2.45) is 4.99 Å². The van der Waals surface area contributed by atoms with Crippen molar-refractivity contribution in [2.45, 2.75) is 57.6 Å². The molecule has 0 radical (unpaired) electrons. The first-order valence-corrected chi connectivity index (χ1v) is 11.1. The summed E-state index contributed by atoms with van der Waals surface area (Å²) < 4.78 is 37.8. The normalized spacial score (nSPS) is 22.1. The van der Waals surface area contributed by atoms with Crippen molar-refractivity contribution < 1.29 is 18.3 Å². The number of aliphatic imine (C=N–C) groups is 1. The lowest BCUT2D eigenvalue weighted by Gasteiger charge is -2.29. The fourth-order valence-corrected chi connectivity index (χ4v) is 4.12. The van der Waals surface area contributed by atoms with Gasteiger partial charge >= 0.3 is 6.18 Å². The summed E-state index contributed by atoms with van der Waals surface area (Å²) in [7, 11) is 0. The van der Waals surface area contributed by atoms with Crippen molar-refractivity contribution in [1.82, 2.24) is 20.4 Å². The number of hydrogen-bond acceptors (Lipinski definition) is 4. The minimum atomic E-state index is -4.16. The maximum Gasteiger partial charge on any atom is 0.401 e. The van der Waals surface area contributed by atoms with Crippen LogP contribution in [0.3, 0.4) is 0 Å². The van der Waals surface area contributed by atoms with Crippen LogP contribution in [0.5, 0.6) is 0 Å². The number of alkyl halides is 3. The third-order valence-electron chi connectivity index (χ3n) is 5.77. The first-order valence-electron chi connectivity index (χ1n) is 11.1. The topological polar surface area (TPSA) is 63.1 Å². The average Bonchev–Trinajstić information content (AvgIpc) is 3.14. The molecule has 174 valence electrons. The predicted octanol–water partition coefficient (Wildman–Crippen LogP) is 2.33. The van der Waals surface area contributed by atoms with Crippen molar-refractivity contribution in [3.05, 3.63) is 35.4 Å². The summed E-state index contributed by atoms with van der Waals surface area (Å²) in [5.41, 5.74) is 2.32. The number of likely N-dealkylation sites (tertiary alicyclic amines) is 2. The molecular weight excluding hydrogens is 407 g/mol. The maximum atomic E-state index is 12.6. The van der Waals surface area contributed by atoms with Gasteiger partial charge in [0.15, 0.2) is 5.96 Å². The zero-order chi connectivity index (χ0) is 22.3. The lowest BCUT2D eigenvalue weighted by atomic mass is 10.1. The molecule has 3 rings (SSSR count). The molecule has 2 fully saturated rings. The number of guanidine groups is 1. The van der Waals surface area contributed by atoms with Crippen LogP contribution < -0.4 is 10.6 Å². The number of halogens is 3. The average molecular weight is 442 g/mol. The number of hydrogen-bond donors (Lipinski definition) is 3. The molecule has 0 aromatic heterocycles. The van der Waals surface area contributed by atoms with Crippen molar-refractivity contribution in [3.63, 3.8) is 0 Å². The summed E-state index contributed by atoms with van der Waals surface area (Å²) in [5, 5.41) is 16.1. The third-order valence-corrected chi connectivity index (χ3v) is 5.77. The minimum absolute atomic E-state index is 0.0365. The number of nitrogens with one attached hydrogen (secondary N) is 2. The van der Waals surface area contributed by atoms with E-state index >= 15 is 0 Å². The largest absolute Gasteiger partial charge is 0.401 e. The van der Waals surface area contributed by atoms with E-state index < -0.39 is 12.7 Å². The maximum absolute atomic E-state index is 12.6. The molecule has 0 bridgehead atoms. The number of nitrogens with zero attached hydrogens (tertiary/aromatic N) is 3. The van der Waals surface area contributed by atoms with E-state index in [0.29, 0.717) is 38.6 Å². The van der Waals surface area contributed by atoms with Gasteiger partial charge in [-0.05, 0) is 37.3 Å². The van der Waals surface area contributed by atoms with Crippen LogP contribution in [0.15, 0.2) is 29.3 Å². The number of rotatable bonds is 7. The third kappa shape index (κ3) is 8.31. The smallest absolute Gasteiger partial charge is 0.393 e. The monoisotopic (exact) mass is 441 g/mol. The first kappa shape index (κ1) is 23.8. The molecule has 3 N–H and O–H groups in total. The summed E-state index contributed by atoms with van der Waals surface area (Å²) in [4.78, 5) is 8.41. The Morgan fingerprint density at radius 2 is 1.71 bits per heavy atom. The summed E-state index contributed by atoms with van der Waals surface area (Å²) in [6.07, 6.45) is -1.98. The Bertz CT molecular complexity index is 702. The van der Waals surface area contributed by atoms with E-state index in [1.165, 1.54) is 10.5 Å². The van der Waals surface area contributed by atoms with Gasteiger partial charge in [-0.3, -0.25) is 9.80 Å². The van der Waals surface area contributed by atoms with Crippen molar-refractivity contribution in [3.8, 4) is 0 Å². The van der Waals surface area contributed by atoms with E-state index in [1.807, 2.05) is 6.92 Å². The summed E-state index contributed by atoms with van der Waals surface area (Å²) in [6.45, 7) is 5.84. The van der Waals surface area contributed by atoms with Gasteiger partial charge in [0, 0.05) is 45.3 Å². The van der Waals surface area contributed by atoms with Crippen LogP contribution in [0, 0.1) is 0 Å². The quantitative estimate of drug-likeness (QED) is 0.448. The molecule has 2 saturated heterocycles. The molecule has 6 nitrogen and oxygen atoms in total. The van der Waals surface area contributed by atoms with Crippen LogP contribution in [0.1, 0.15) is 37.3 Å². The van der Waals surface area contributed by atoms with Crippen LogP contribution in [-0.4, -0.2) is 78.5 Å². The van der Waals surface area contributed by atoms with Crippen LogP contribution in [0.4, 0.5) is 13.2 Å². The van der Waals surface area contributed by atoms with Crippen LogP contribution >= 0.6 is 0 Å². The lowest BCUT2D eigenvalue weighted by Crippen LogP contribution is -2.45. The van der Waals surface area contributed by atoms with E-state index in [2.05, 4.69) is 44.8 Å². The van der Waals surface area contributed by atoms with E-state index in [0.717, 1.165) is 38.0 Å². The number of aliphatic hydroxyl groups is 1. The molecule has 0 aliphatic carbocycles. The molecule has 2 heterocycles. The van der Waals surface area contributed by atoms with Gasteiger partial charge < -0.3 is 15.7 Å². The second-order valence-corrected chi connectivity index (χ2v) is 8.50. The van der Waals surface area contributed by atoms with Crippen LogP contribution in [0.2, 0.25) is 0 Å². The second-order valence-electron chi connectivity index (χ2n) is 8.50. The van der Waals surface area contributed by atoms with Gasteiger partial charge in [-0.15, -0.1) is 0 Å². The number of aliphatic hydroxyl groups excluding tert-OH is 1. The summed E-state index contributed by atoms with van der Waals surface area (Å²) in [6, 6.07) is 8.33. The Morgan fingerprint density at radius 3 is 2.35 bits per heavy atom. The lowest BCUT2D eigenvalue weighted by molar-refractivity contribution is -0.143. The zero-order valence-corrected chi connectivity index (χ0v) is 18.2. The molecule has 0 saturated carbocycles. The van der Waals surface area contributed by atoms with Crippen molar-refractivity contribution in [2.75, 3.05) is 39.3 Å². The molecule has 0 amide bonds. The fraction of sp³-hybridized carbons (Fsp3) is 0.682. The van der Waals surface area contributed by atoms with Crippen LogP contribution in [0.25, 0.3) is 0 Å². The van der Waals surface area contributed by atoms with E-state index in [-0.39, 0.29) is 12.1 Å². The van der Waals surface area contributed by atoms with Gasteiger partial charge in [0.05, 0.1) is 19.2 Å². The zero-order valence-electron chi connectivity index (χ0n) is 18.2. The number of benzene rings is 1. The molecule has 9 heteroatoms. The minimum Gasteiger partial charge on any atom is -0.393 e.